The Balaban J connectivity index is 0.000000371. The van der Waals surface area contributed by atoms with Crippen LogP contribution in [0.15, 0.2) is 0 Å². The predicted molar refractivity (Wildman–Crippen MR) is 34.7 cm³/mol. The molecule has 0 unspecified atom stereocenters. The summed E-state index contributed by atoms with van der Waals surface area (Å²) in [5, 5.41) is 0. The van der Waals surface area contributed by atoms with Gasteiger partial charge in [-0.2, -0.15) is 13.2 Å². The second-order valence-electron chi connectivity index (χ2n) is 2.56. The van der Waals surface area contributed by atoms with Crippen LogP contribution in [0.4, 0.5) is 13.2 Å². The van der Waals surface area contributed by atoms with Gasteiger partial charge in [-0.1, -0.05) is 20.8 Å². The van der Waals surface area contributed by atoms with E-state index in [0.717, 1.165) is 0 Å². The van der Waals surface area contributed by atoms with Gasteiger partial charge in [0.15, 0.2) is 0 Å². The lowest BCUT2D eigenvalue weighted by Gasteiger charge is -2.11. The molecule has 0 aliphatic heterocycles. The molecular formula is C7H13F3. The van der Waals surface area contributed by atoms with Crippen LogP contribution in [0, 0.1) is 5.41 Å². The minimum Gasteiger partial charge on any atom is -0.171 e. The molecular weight excluding hydrogens is 141 g/mol. The fourth-order valence-corrected chi connectivity index (χ4v) is 0.471. The van der Waals surface area contributed by atoms with Gasteiger partial charge in [-0.15, -0.1) is 0 Å². The molecule has 0 radical (unpaired) electrons. The summed E-state index contributed by atoms with van der Waals surface area (Å²) in [6, 6.07) is 0. The Hall–Kier alpha value is -0.210. The maximum Gasteiger partial charge on any atom is 0.394 e. The quantitative estimate of drug-likeness (QED) is 0.501. The zero-order valence-corrected chi connectivity index (χ0v) is 6.55. The third kappa shape index (κ3) is 1.89. The lowest BCUT2D eigenvalue weighted by atomic mass is 10.1. The molecule has 1 aliphatic rings. The predicted octanol–water partition coefficient (Wildman–Crippen LogP) is 3.38. The van der Waals surface area contributed by atoms with Crippen molar-refractivity contribution in [3.8, 4) is 0 Å². The van der Waals surface area contributed by atoms with Crippen LogP contribution in [0.1, 0.15) is 33.6 Å². The van der Waals surface area contributed by atoms with Gasteiger partial charge in [0.05, 0.1) is 5.41 Å². The summed E-state index contributed by atoms with van der Waals surface area (Å²) in [4.78, 5) is 0. The number of halogens is 3. The molecule has 1 aliphatic carbocycles. The fourth-order valence-electron chi connectivity index (χ4n) is 0.471. The van der Waals surface area contributed by atoms with Crippen molar-refractivity contribution in [1.29, 1.82) is 0 Å². The molecule has 0 saturated heterocycles. The van der Waals surface area contributed by atoms with Crippen molar-refractivity contribution in [1.82, 2.24) is 0 Å². The summed E-state index contributed by atoms with van der Waals surface area (Å²) in [6.07, 6.45) is -3.32. The smallest absolute Gasteiger partial charge is 0.171 e. The van der Waals surface area contributed by atoms with Crippen molar-refractivity contribution in [2.75, 3.05) is 0 Å². The fraction of sp³-hybridized carbons (Fsp3) is 1.00. The van der Waals surface area contributed by atoms with E-state index in [2.05, 4.69) is 0 Å². The largest absolute Gasteiger partial charge is 0.394 e. The molecule has 0 aromatic carbocycles. The van der Waals surface area contributed by atoms with Crippen LogP contribution in [-0.2, 0) is 0 Å². The molecule has 0 aromatic heterocycles. The lowest BCUT2D eigenvalue weighted by molar-refractivity contribution is -0.181. The average Bonchev–Trinajstić information content (AvgIpc) is 2.52. The van der Waals surface area contributed by atoms with Crippen molar-refractivity contribution in [2.24, 2.45) is 5.41 Å². The van der Waals surface area contributed by atoms with Crippen LogP contribution < -0.4 is 0 Å². The summed E-state index contributed by atoms with van der Waals surface area (Å²) >= 11 is 0. The number of rotatable bonds is 0. The molecule has 0 N–H and O–H groups in total. The van der Waals surface area contributed by atoms with Gasteiger partial charge < -0.3 is 0 Å². The highest BCUT2D eigenvalue weighted by atomic mass is 19.4. The van der Waals surface area contributed by atoms with Crippen LogP contribution in [0.25, 0.3) is 0 Å². The molecule has 0 heterocycles. The Kier molecular flexibility index (Phi) is 2.75. The Bertz CT molecular complexity index is 96.7. The molecule has 0 amide bonds. The maximum atomic E-state index is 11.6. The van der Waals surface area contributed by atoms with E-state index in [1.165, 1.54) is 6.92 Å². The second kappa shape index (κ2) is 2.81. The average molecular weight is 154 g/mol. The zero-order valence-electron chi connectivity index (χ0n) is 6.55. The van der Waals surface area contributed by atoms with E-state index in [9.17, 15) is 13.2 Å². The van der Waals surface area contributed by atoms with Crippen LogP contribution in [-0.4, -0.2) is 6.18 Å². The van der Waals surface area contributed by atoms with Gasteiger partial charge in [0.2, 0.25) is 0 Å². The molecule has 1 rings (SSSR count). The van der Waals surface area contributed by atoms with E-state index in [0.29, 0.717) is 12.8 Å². The van der Waals surface area contributed by atoms with Crippen LogP contribution in [0.5, 0.6) is 0 Å². The first-order chi connectivity index (χ1) is 4.46. The Morgan fingerprint density at radius 3 is 1.40 bits per heavy atom. The normalized spacial score (nSPS) is 21.0. The first kappa shape index (κ1) is 9.79. The van der Waals surface area contributed by atoms with Gasteiger partial charge in [0, 0.05) is 0 Å². The molecule has 0 aromatic rings. The molecule has 62 valence electrons. The second-order valence-corrected chi connectivity index (χ2v) is 2.56. The van der Waals surface area contributed by atoms with Gasteiger partial charge in [0.25, 0.3) is 0 Å². The van der Waals surface area contributed by atoms with E-state index in [1.54, 1.807) is 0 Å². The van der Waals surface area contributed by atoms with Gasteiger partial charge >= 0.3 is 6.18 Å². The van der Waals surface area contributed by atoms with Crippen molar-refractivity contribution >= 4 is 0 Å². The Morgan fingerprint density at radius 1 is 1.10 bits per heavy atom. The van der Waals surface area contributed by atoms with Crippen molar-refractivity contribution in [3.05, 3.63) is 0 Å². The Morgan fingerprint density at radius 2 is 1.40 bits per heavy atom. The highest BCUT2D eigenvalue weighted by Gasteiger charge is 2.59. The van der Waals surface area contributed by atoms with Gasteiger partial charge in [-0.05, 0) is 12.8 Å². The van der Waals surface area contributed by atoms with Gasteiger partial charge in [-0.3, -0.25) is 0 Å². The molecule has 0 nitrogen and oxygen atoms in total. The zero-order chi connectivity index (χ0) is 8.41. The molecule has 0 spiro atoms. The minimum atomic E-state index is -3.95. The summed E-state index contributed by atoms with van der Waals surface area (Å²) in [5.74, 6) is 0. The number of hydrogen-bond acceptors (Lipinski definition) is 0. The Labute approximate surface area is 59.4 Å². The van der Waals surface area contributed by atoms with Crippen molar-refractivity contribution < 1.29 is 13.2 Å². The molecule has 1 fully saturated rings. The summed E-state index contributed by atoms with van der Waals surface area (Å²) in [6.45, 7) is 5.26. The summed E-state index contributed by atoms with van der Waals surface area (Å²) in [5.41, 5.74) is -1.31. The van der Waals surface area contributed by atoms with Crippen molar-refractivity contribution in [2.45, 2.75) is 39.8 Å². The first-order valence-electron chi connectivity index (χ1n) is 3.52. The third-order valence-corrected chi connectivity index (χ3v) is 1.68. The number of hydrogen-bond donors (Lipinski definition) is 0. The minimum absolute atomic E-state index is 0.316. The van der Waals surface area contributed by atoms with E-state index >= 15 is 0 Å². The third-order valence-electron chi connectivity index (χ3n) is 1.68. The SMILES string of the molecule is CC.CC1(C(F)(F)F)CC1. The van der Waals surface area contributed by atoms with Crippen LogP contribution >= 0.6 is 0 Å². The van der Waals surface area contributed by atoms with E-state index in [1.807, 2.05) is 13.8 Å². The van der Waals surface area contributed by atoms with Gasteiger partial charge in [0.1, 0.15) is 0 Å². The molecule has 0 atom stereocenters. The number of alkyl halides is 3. The summed E-state index contributed by atoms with van der Waals surface area (Å²) in [7, 11) is 0. The summed E-state index contributed by atoms with van der Waals surface area (Å²) < 4.78 is 34.9. The molecule has 1 saturated carbocycles. The van der Waals surface area contributed by atoms with Gasteiger partial charge in [-0.25, -0.2) is 0 Å². The van der Waals surface area contributed by atoms with E-state index in [4.69, 9.17) is 0 Å². The van der Waals surface area contributed by atoms with Crippen LogP contribution in [0.2, 0.25) is 0 Å². The highest BCUT2D eigenvalue weighted by Crippen LogP contribution is 2.56. The molecule has 3 heteroatoms. The topological polar surface area (TPSA) is 0 Å². The monoisotopic (exact) mass is 154 g/mol. The lowest BCUT2D eigenvalue weighted by Crippen LogP contribution is -2.20. The first-order valence-corrected chi connectivity index (χ1v) is 3.52. The van der Waals surface area contributed by atoms with Crippen LogP contribution in [0.3, 0.4) is 0 Å². The highest BCUT2D eigenvalue weighted by molar-refractivity contribution is 4.94. The van der Waals surface area contributed by atoms with Crippen molar-refractivity contribution in [3.63, 3.8) is 0 Å². The van der Waals surface area contributed by atoms with E-state index < -0.39 is 11.6 Å². The molecule has 10 heavy (non-hydrogen) atoms. The standard InChI is InChI=1S/C5H7F3.C2H6/c1-4(2-3-4)5(6,7)8;1-2/h2-3H2,1H3;1-2H3. The maximum absolute atomic E-state index is 11.6. The molecule has 0 bridgehead atoms. The van der Waals surface area contributed by atoms with E-state index in [-0.39, 0.29) is 0 Å².